The van der Waals surface area contributed by atoms with Crippen LogP contribution in [0.25, 0.3) is 5.65 Å². The van der Waals surface area contributed by atoms with Gasteiger partial charge in [-0.25, -0.2) is 22.7 Å². The summed E-state index contributed by atoms with van der Waals surface area (Å²) in [4.78, 5) is 8.79. The van der Waals surface area contributed by atoms with Crippen molar-refractivity contribution in [3.8, 4) is 0 Å². The van der Waals surface area contributed by atoms with Gasteiger partial charge < -0.3 is 5.32 Å². The molecule has 0 radical (unpaired) electrons. The molecule has 0 spiro atoms. The van der Waals surface area contributed by atoms with Crippen LogP contribution in [0.5, 0.6) is 0 Å². The van der Waals surface area contributed by atoms with Gasteiger partial charge in [0, 0.05) is 32.2 Å². The fourth-order valence-corrected chi connectivity index (χ4v) is 3.33. The van der Waals surface area contributed by atoms with Crippen LogP contribution in [0.2, 0.25) is 0 Å². The number of halogens is 1. The van der Waals surface area contributed by atoms with E-state index in [1.54, 1.807) is 42.9 Å². The summed E-state index contributed by atoms with van der Waals surface area (Å²) in [5.41, 5.74) is 1.40. The Labute approximate surface area is 142 Å². The van der Waals surface area contributed by atoms with E-state index in [0.29, 0.717) is 11.5 Å². The number of nitrogens with one attached hydrogen (secondary N) is 1. The monoisotopic (exact) mass is 395 g/mol. The maximum atomic E-state index is 12.1. The maximum Gasteiger partial charge on any atom is 0.242 e. The first-order chi connectivity index (χ1) is 10.9. The van der Waals surface area contributed by atoms with E-state index >= 15 is 0 Å². The van der Waals surface area contributed by atoms with Gasteiger partial charge in [0.05, 0.1) is 11.1 Å². The first kappa shape index (κ1) is 15.9. The van der Waals surface area contributed by atoms with E-state index in [-0.39, 0.29) is 4.90 Å². The van der Waals surface area contributed by atoms with Crippen LogP contribution in [0.3, 0.4) is 0 Å². The van der Waals surface area contributed by atoms with Crippen LogP contribution in [0.15, 0.2) is 52.4 Å². The van der Waals surface area contributed by atoms with Crippen LogP contribution in [0.1, 0.15) is 0 Å². The molecule has 120 valence electrons. The van der Waals surface area contributed by atoms with Crippen molar-refractivity contribution in [3.63, 3.8) is 0 Å². The smallest absolute Gasteiger partial charge is 0.242 e. The highest BCUT2D eigenvalue weighted by Gasteiger charge is 2.16. The molecule has 0 aliphatic carbocycles. The Morgan fingerprint density at radius 2 is 1.87 bits per heavy atom. The zero-order valence-electron chi connectivity index (χ0n) is 12.4. The van der Waals surface area contributed by atoms with Crippen molar-refractivity contribution in [2.75, 3.05) is 19.4 Å². The van der Waals surface area contributed by atoms with Gasteiger partial charge >= 0.3 is 0 Å². The quantitative estimate of drug-likeness (QED) is 0.733. The molecule has 1 N–H and O–H groups in total. The standard InChI is InChI=1S/C14H14BrN5O2S/c1-19(2)23(21,22)11-5-3-10(4-6-11)18-13-14-17-9-12(15)20(14)8-7-16-13/h3-9H,1-2H3,(H,16,18). The van der Waals surface area contributed by atoms with Gasteiger partial charge in [-0.3, -0.25) is 4.40 Å². The van der Waals surface area contributed by atoms with Crippen LogP contribution in [-0.4, -0.2) is 41.2 Å². The van der Waals surface area contributed by atoms with Crippen LogP contribution >= 0.6 is 15.9 Å². The topological polar surface area (TPSA) is 79.6 Å². The van der Waals surface area contributed by atoms with Crippen molar-refractivity contribution in [2.24, 2.45) is 0 Å². The Bertz CT molecular complexity index is 951. The lowest BCUT2D eigenvalue weighted by Gasteiger charge is -2.12. The highest BCUT2D eigenvalue weighted by atomic mass is 79.9. The first-order valence-corrected chi connectivity index (χ1v) is 8.90. The van der Waals surface area contributed by atoms with E-state index in [9.17, 15) is 8.42 Å². The number of hydrogen-bond donors (Lipinski definition) is 1. The number of rotatable bonds is 4. The molecule has 23 heavy (non-hydrogen) atoms. The van der Waals surface area contributed by atoms with Crippen molar-refractivity contribution < 1.29 is 8.42 Å². The Morgan fingerprint density at radius 3 is 2.52 bits per heavy atom. The third kappa shape index (κ3) is 2.94. The van der Waals surface area contributed by atoms with E-state index < -0.39 is 10.0 Å². The fraction of sp³-hybridized carbons (Fsp3) is 0.143. The van der Waals surface area contributed by atoms with Gasteiger partial charge in [-0.15, -0.1) is 0 Å². The SMILES string of the molecule is CN(C)S(=O)(=O)c1ccc(Nc2nccn3c(Br)cnc23)cc1. The van der Waals surface area contributed by atoms with Gasteiger partial charge in [0.1, 0.15) is 4.60 Å². The molecule has 0 aliphatic heterocycles. The Kier molecular flexibility index (Phi) is 4.09. The number of fused-ring (bicyclic) bond motifs is 1. The lowest BCUT2D eigenvalue weighted by molar-refractivity contribution is 0.521. The van der Waals surface area contributed by atoms with Gasteiger partial charge in [-0.2, -0.15) is 0 Å². The van der Waals surface area contributed by atoms with Crippen LogP contribution in [0.4, 0.5) is 11.5 Å². The zero-order valence-corrected chi connectivity index (χ0v) is 14.8. The van der Waals surface area contributed by atoms with Gasteiger partial charge in [0.25, 0.3) is 0 Å². The number of nitrogens with zero attached hydrogens (tertiary/aromatic N) is 4. The summed E-state index contributed by atoms with van der Waals surface area (Å²) in [6.07, 6.45) is 5.14. The van der Waals surface area contributed by atoms with E-state index in [0.717, 1.165) is 10.3 Å². The number of imidazole rings is 1. The zero-order chi connectivity index (χ0) is 16.6. The number of anilines is 2. The molecule has 0 saturated carbocycles. The highest BCUT2D eigenvalue weighted by Crippen LogP contribution is 2.23. The minimum Gasteiger partial charge on any atom is -0.337 e. The van der Waals surface area contributed by atoms with E-state index in [2.05, 4.69) is 31.2 Å². The lowest BCUT2D eigenvalue weighted by atomic mass is 10.3. The molecular formula is C14H14BrN5O2S. The number of aromatic nitrogens is 3. The molecule has 0 unspecified atom stereocenters. The molecule has 7 nitrogen and oxygen atoms in total. The molecule has 0 fully saturated rings. The molecule has 3 rings (SSSR count). The minimum atomic E-state index is -3.43. The number of hydrogen-bond acceptors (Lipinski definition) is 5. The van der Waals surface area contributed by atoms with Crippen LogP contribution in [-0.2, 0) is 10.0 Å². The summed E-state index contributed by atoms with van der Waals surface area (Å²) in [6.45, 7) is 0. The largest absolute Gasteiger partial charge is 0.337 e. The minimum absolute atomic E-state index is 0.239. The molecular weight excluding hydrogens is 382 g/mol. The van der Waals surface area contributed by atoms with Crippen molar-refractivity contribution in [1.82, 2.24) is 18.7 Å². The number of benzene rings is 1. The molecule has 3 aromatic rings. The summed E-state index contributed by atoms with van der Waals surface area (Å²) < 4.78 is 28.0. The average Bonchev–Trinajstić information content (AvgIpc) is 2.90. The van der Waals surface area contributed by atoms with Crippen molar-refractivity contribution >= 4 is 43.1 Å². The second-order valence-electron chi connectivity index (χ2n) is 4.99. The molecule has 0 amide bonds. The maximum absolute atomic E-state index is 12.1. The first-order valence-electron chi connectivity index (χ1n) is 6.67. The summed E-state index contributed by atoms with van der Waals surface area (Å²) >= 11 is 3.40. The number of sulfonamides is 1. The molecule has 0 atom stereocenters. The summed E-state index contributed by atoms with van der Waals surface area (Å²) in [5.74, 6) is 0.585. The van der Waals surface area contributed by atoms with Crippen molar-refractivity contribution in [1.29, 1.82) is 0 Å². The molecule has 0 bridgehead atoms. The third-order valence-corrected chi connectivity index (χ3v) is 5.69. The Hall–Kier alpha value is -1.97. The summed E-state index contributed by atoms with van der Waals surface area (Å²) in [7, 11) is -0.426. The van der Waals surface area contributed by atoms with Gasteiger partial charge in [0.15, 0.2) is 11.5 Å². The molecule has 0 aliphatic rings. The van der Waals surface area contributed by atoms with Crippen LogP contribution in [0, 0.1) is 0 Å². The predicted molar refractivity (Wildman–Crippen MR) is 91.3 cm³/mol. The third-order valence-electron chi connectivity index (χ3n) is 3.28. The van der Waals surface area contributed by atoms with Crippen LogP contribution < -0.4 is 5.32 Å². The van der Waals surface area contributed by atoms with E-state index in [1.807, 2.05) is 4.40 Å². The molecule has 9 heteroatoms. The Morgan fingerprint density at radius 1 is 1.17 bits per heavy atom. The van der Waals surface area contributed by atoms with Crippen molar-refractivity contribution in [3.05, 3.63) is 47.5 Å². The van der Waals surface area contributed by atoms with Crippen molar-refractivity contribution in [2.45, 2.75) is 4.90 Å². The predicted octanol–water partition coefficient (Wildman–Crippen LogP) is 2.49. The molecule has 1 aromatic carbocycles. The summed E-state index contributed by atoms with van der Waals surface area (Å²) in [6, 6.07) is 6.50. The van der Waals surface area contributed by atoms with Gasteiger partial charge in [0.2, 0.25) is 10.0 Å². The van der Waals surface area contributed by atoms with Gasteiger partial charge in [-0.1, -0.05) is 0 Å². The molecule has 0 saturated heterocycles. The Balaban J connectivity index is 1.92. The molecule has 2 aromatic heterocycles. The van der Waals surface area contributed by atoms with Gasteiger partial charge in [-0.05, 0) is 40.2 Å². The molecule has 2 heterocycles. The second-order valence-corrected chi connectivity index (χ2v) is 7.95. The second kappa shape index (κ2) is 5.91. The average molecular weight is 396 g/mol. The fourth-order valence-electron chi connectivity index (χ4n) is 2.04. The summed E-state index contributed by atoms with van der Waals surface area (Å²) in [5, 5.41) is 3.14. The lowest BCUT2D eigenvalue weighted by Crippen LogP contribution is -2.22. The van der Waals surface area contributed by atoms with E-state index in [1.165, 1.54) is 18.4 Å². The van der Waals surface area contributed by atoms with E-state index in [4.69, 9.17) is 0 Å². The highest BCUT2D eigenvalue weighted by molar-refractivity contribution is 9.10. The normalized spacial score (nSPS) is 12.0.